The molecular formula is C24H22N2O4. The third-order valence-corrected chi connectivity index (χ3v) is 5.59. The third kappa shape index (κ3) is 2.92. The molecular weight excluding hydrogens is 380 g/mol. The van der Waals surface area contributed by atoms with Gasteiger partial charge in [-0.2, -0.15) is 5.10 Å². The lowest BCUT2D eigenvalue weighted by molar-refractivity contribution is -0.0210. The van der Waals surface area contributed by atoms with E-state index in [0.29, 0.717) is 12.2 Å². The molecule has 0 unspecified atom stereocenters. The van der Waals surface area contributed by atoms with Crippen molar-refractivity contribution in [1.82, 2.24) is 5.01 Å². The van der Waals surface area contributed by atoms with Crippen molar-refractivity contribution in [1.29, 1.82) is 0 Å². The van der Waals surface area contributed by atoms with Gasteiger partial charge in [-0.25, -0.2) is 5.01 Å². The highest BCUT2D eigenvalue weighted by atomic mass is 16.5. The van der Waals surface area contributed by atoms with E-state index >= 15 is 0 Å². The molecule has 6 nitrogen and oxygen atoms in total. The van der Waals surface area contributed by atoms with Crippen LogP contribution in [0, 0.1) is 0 Å². The van der Waals surface area contributed by atoms with Crippen LogP contribution in [0.2, 0.25) is 0 Å². The maximum absolute atomic E-state index is 10.4. The van der Waals surface area contributed by atoms with Crippen LogP contribution in [-0.2, 0) is 0 Å². The number of nitrogens with zero attached hydrogens (tertiary/aromatic N) is 2. The van der Waals surface area contributed by atoms with E-state index in [-0.39, 0.29) is 11.8 Å². The molecule has 0 radical (unpaired) electrons. The van der Waals surface area contributed by atoms with Gasteiger partial charge in [0.1, 0.15) is 11.5 Å². The molecule has 0 aromatic heterocycles. The summed E-state index contributed by atoms with van der Waals surface area (Å²) >= 11 is 0. The van der Waals surface area contributed by atoms with Crippen LogP contribution in [-0.4, -0.2) is 30.0 Å². The summed E-state index contributed by atoms with van der Waals surface area (Å²) in [7, 11) is 3.29. The molecule has 0 bridgehead atoms. The van der Waals surface area contributed by atoms with E-state index in [1.54, 1.807) is 20.3 Å². The predicted molar refractivity (Wildman–Crippen MR) is 113 cm³/mol. The standard InChI is InChI=1S/C24H22N2O4/c1-28-16-8-5-7-15(13-16)24-26-20(18-10-6-12-22(29-2)23(18)30-24)14-19(25-26)17-9-3-4-11-21(17)27/h3-13,20,24,27H,14H2,1-2H3/t20-,24+/m1/s1. The Balaban J connectivity index is 1.64. The number of hydrogen-bond donors (Lipinski definition) is 1. The van der Waals surface area contributed by atoms with E-state index in [0.717, 1.165) is 33.9 Å². The van der Waals surface area contributed by atoms with E-state index in [2.05, 4.69) is 0 Å². The topological polar surface area (TPSA) is 63.5 Å². The van der Waals surface area contributed by atoms with Crippen LogP contribution in [0.15, 0.2) is 71.8 Å². The zero-order valence-corrected chi connectivity index (χ0v) is 16.8. The van der Waals surface area contributed by atoms with E-state index in [9.17, 15) is 5.11 Å². The smallest absolute Gasteiger partial charge is 0.214 e. The van der Waals surface area contributed by atoms with Gasteiger partial charge in [0, 0.05) is 23.1 Å². The van der Waals surface area contributed by atoms with E-state index in [1.165, 1.54) is 0 Å². The number of fused-ring (bicyclic) bond motifs is 3. The second kappa shape index (κ2) is 7.30. The normalized spacial score (nSPS) is 19.4. The number of phenolic OH excluding ortho intramolecular Hbond substituents is 1. The number of benzene rings is 3. The van der Waals surface area contributed by atoms with E-state index < -0.39 is 6.23 Å². The van der Waals surface area contributed by atoms with Gasteiger partial charge in [-0.05, 0) is 30.3 Å². The van der Waals surface area contributed by atoms with Crippen LogP contribution >= 0.6 is 0 Å². The Bertz CT molecular complexity index is 1130. The molecule has 152 valence electrons. The van der Waals surface area contributed by atoms with Crippen LogP contribution < -0.4 is 14.2 Å². The Hall–Kier alpha value is -3.67. The van der Waals surface area contributed by atoms with Crippen molar-refractivity contribution in [2.75, 3.05) is 14.2 Å². The molecule has 2 aliphatic rings. The minimum absolute atomic E-state index is 0.0327. The lowest BCUT2D eigenvalue weighted by Gasteiger charge is -2.38. The minimum atomic E-state index is -0.447. The van der Waals surface area contributed by atoms with Gasteiger partial charge in [-0.1, -0.05) is 36.4 Å². The number of ether oxygens (including phenoxy) is 3. The molecule has 3 aromatic rings. The lowest BCUT2D eigenvalue weighted by atomic mass is 9.95. The van der Waals surface area contributed by atoms with Crippen molar-refractivity contribution in [3.8, 4) is 23.0 Å². The molecule has 0 saturated heterocycles. The summed E-state index contributed by atoms with van der Waals surface area (Å²) in [5.74, 6) is 2.39. The van der Waals surface area contributed by atoms with Gasteiger partial charge < -0.3 is 19.3 Å². The molecule has 2 heterocycles. The highest BCUT2D eigenvalue weighted by molar-refractivity contribution is 6.04. The largest absolute Gasteiger partial charge is 0.507 e. The zero-order chi connectivity index (χ0) is 20.7. The summed E-state index contributed by atoms with van der Waals surface area (Å²) in [4.78, 5) is 0. The van der Waals surface area contributed by atoms with Gasteiger partial charge in [0.2, 0.25) is 6.23 Å². The van der Waals surface area contributed by atoms with Crippen LogP contribution in [0.5, 0.6) is 23.0 Å². The predicted octanol–water partition coefficient (Wildman–Crippen LogP) is 4.65. The van der Waals surface area contributed by atoms with Crippen LogP contribution in [0.4, 0.5) is 0 Å². The molecule has 0 amide bonds. The van der Waals surface area contributed by atoms with Crippen LogP contribution in [0.25, 0.3) is 0 Å². The summed E-state index contributed by atoms with van der Waals surface area (Å²) in [6.45, 7) is 0. The average molecular weight is 402 g/mol. The Morgan fingerprint density at radius 3 is 2.63 bits per heavy atom. The number of para-hydroxylation sites is 2. The Morgan fingerprint density at radius 1 is 1.00 bits per heavy atom. The van der Waals surface area contributed by atoms with Gasteiger partial charge in [-0.3, -0.25) is 0 Å². The Labute approximate surface area is 174 Å². The highest BCUT2D eigenvalue weighted by Crippen LogP contribution is 2.51. The summed E-state index contributed by atoms with van der Waals surface area (Å²) in [5, 5.41) is 17.2. The summed E-state index contributed by atoms with van der Waals surface area (Å²) in [5.41, 5.74) is 3.51. The average Bonchev–Trinajstić information content (AvgIpc) is 3.24. The van der Waals surface area contributed by atoms with Gasteiger partial charge in [0.15, 0.2) is 11.5 Å². The van der Waals surface area contributed by atoms with Gasteiger partial charge in [0.05, 0.1) is 26.0 Å². The molecule has 30 heavy (non-hydrogen) atoms. The number of methoxy groups -OCH3 is 2. The van der Waals surface area contributed by atoms with E-state index in [4.69, 9.17) is 19.3 Å². The second-order valence-electron chi connectivity index (χ2n) is 7.29. The maximum atomic E-state index is 10.4. The van der Waals surface area contributed by atoms with Gasteiger partial charge >= 0.3 is 0 Å². The van der Waals surface area contributed by atoms with Crippen molar-refractivity contribution in [2.24, 2.45) is 5.10 Å². The number of hydrazone groups is 1. The fourth-order valence-electron chi connectivity index (χ4n) is 4.14. The fourth-order valence-corrected chi connectivity index (χ4v) is 4.14. The number of rotatable bonds is 4. The third-order valence-electron chi connectivity index (χ3n) is 5.59. The first kappa shape index (κ1) is 18.4. The summed E-state index contributed by atoms with van der Waals surface area (Å²) in [6, 6.07) is 20.9. The number of hydrogen-bond acceptors (Lipinski definition) is 6. The van der Waals surface area contributed by atoms with Crippen molar-refractivity contribution in [2.45, 2.75) is 18.7 Å². The van der Waals surface area contributed by atoms with Crippen LogP contribution in [0.3, 0.4) is 0 Å². The van der Waals surface area contributed by atoms with Crippen molar-refractivity contribution >= 4 is 5.71 Å². The summed E-state index contributed by atoms with van der Waals surface area (Å²) < 4.78 is 17.4. The molecule has 1 N–H and O–H groups in total. The Kier molecular flexibility index (Phi) is 4.47. The Morgan fingerprint density at radius 2 is 1.83 bits per heavy atom. The minimum Gasteiger partial charge on any atom is -0.507 e. The molecule has 3 aromatic carbocycles. The molecule has 0 aliphatic carbocycles. The van der Waals surface area contributed by atoms with Gasteiger partial charge in [-0.15, -0.1) is 0 Å². The quantitative estimate of drug-likeness (QED) is 0.688. The molecule has 2 atom stereocenters. The molecule has 5 rings (SSSR count). The summed E-state index contributed by atoms with van der Waals surface area (Å²) in [6.07, 6.45) is 0.207. The number of phenols is 1. The monoisotopic (exact) mass is 402 g/mol. The molecule has 0 fully saturated rings. The van der Waals surface area contributed by atoms with Gasteiger partial charge in [0.25, 0.3) is 0 Å². The zero-order valence-electron chi connectivity index (χ0n) is 16.8. The first-order valence-electron chi connectivity index (χ1n) is 9.81. The second-order valence-corrected chi connectivity index (χ2v) is 7.29. The van der Waals surface area contributed by atoms with Crippen molar-refractivity contribution in [3.05, 3.63) is 83.4 Å². The SMILES string of the molecule is COc1cccc([C@@H]2Oc3c(OC)cccc3[C@H]3CC(c4ccccc4O)=NN32)c1. The number of aromatic hydroxyl groups is 1. The first-order chi connectivity index (χ1) is 14.7. The molecule has 0 spiro atoms. The highest BCUT2D eigenvalue weighted by Gasteiger charge is 2.42. The molecule has 0 saturated carbocycles. The van der Waals surface area contributed by atoms with E-state index in [1.807, 2.05) is 65.7 Å². The molecule has 2 aliphatic heterocycles. The fraction of sp³-hybridized carbons (Fsp3) is 0.208. The lowest BCUT2D eigenvalue weighted by Crippen LogP contribution is -2.33. The van der Waals surface area contributed by atoms with Crippen molar-refractivity contribution in [3.63, 3.8) is 0 Å². The molecule has 6 heteroatoms. The van der Waals surface area contributed by atoms with Crippen molar-refractivity contribution < 1.29 is 19.3 Å². The maximum Gasteiger partial charge on any atom is 0.214 e. The van der Waals surface area contributed by atoms with Crippen LogP contribution in [0.1, 0.15) is 35.4 Å². The first-order valence-corrected chi connectivity index (χ1v) is 9.81.